The van der Waals surface area contributed by atoms with Crippen LogP contribution in [0.4, 0.5) is 0 Å². The van der Waals surface area contributed by atoms with Crippen LogP contribution in [0.15, 0.2) is 60.7 Å². The fourth-order valence-electron chi connectivity index (χ4n) is 4.08. The number of likely N-dealkylation sites (tertiary alicyclic amines) is 1. The van der Waals surface area contributed by atoms with Crippen LogP contribution in [-0.4, -0.2) is 23.9 Å². The smallest absolute Gasteiger partial charge is 0.224 e. The highest BCUT2D eigenvalue weighted by Gasteiger charge is 2.26. The molecule has 0 saturated carbocycles. The van der Waals surface area contributed by atoms with Gasteiger partial charge in [0.05, 0.1) is 5.92 Å². The average molecular weight is 427 g/mol. The molecule has 0 aliphatic carbocycles. The molecule has 1 fully saturated rings. The predicted molar refractivity (Wildman–Crippen MR) is 120 cm³/mol. The highest BCUT2D eigenvalue weighted by Crippen LogP contribution is 2.25. The first kappa shape index (κ1) is 20.2. The van der Waals surface area contributed by atoms with E-state index in [1.807, 2.05) is 30.3 Å². The number of nitrogens with zero attached hydrogens (tertiary/aromatic N) is 1. The van der Waals surface area contributed by atoms with E-state index in [0.29, 0.717) is 16.6 Å². The highest BCUT2D eigenvalue weighted by molar-refractivity contribution is 6.35. The second-order valence-electron chi connectivity index (χ2n) is 7.67. The Balaban J connectivity index is 1.37. The quantitative estimate of drug-likeness (QED) is 0.569. The number of piperidine rings is 1. The Bertz CT molecular complexity index is 1020. The molecule has 0 aromatic heterocycles. The van der Waals surface area contributed by atoms with Crippen LogP contribution in [0.5, 0.6) is 0 Å². The number of rotatable bonds is 5. The van der Waals surface area contributed by atoms with Crippen LogP contribution in [0, 0.1) is 5.92 Å². The normalized spacial score (nSPS) is 17.4. The van der Waals surface area contributed by atoms with Gasteiger partial charge in [0.15, 0.2) is 0 Å². The van der Waals surface area contributed by atoms with Crippen LogP contribution in [-0.2, 0) is 17.9 Å². The second kappa shape index (κ2) is 9.17. The van der Waals surface area contributed by atoms with Gasteiger partial charge in [-0.05, 0) is 53.4 Å². The van der Waals surface area contributed by atoms with E-state index in [2.05, 4.69) is 34.5 Å². The van der Waals surface area contributed by atoms with Crippen molar-refractivity contribution >= 4 is 39.9 Å². The molecule has 0 bridgehead atoms. The van der Waals surface area contributed by atoms with Crippen molar-refractivity contribution in [2.75, 3.05) is 13.1 Å². The first-order chi connectivity index (χ1) is 14.1. The van der Waals surface area contributed by atoms with Crippen LogP contribution in [0.2, 0.25) is 10.0 Å². The van der Waals surface area contributed by atoms with Crippen LogP contribution in [0.1, 0.15) is 24.0 Å². The number of carbonyl (C=O) groups excluding carboxylic acids is 1. The number of amides is 1. The first-order valence-corrected chi connectivity index (χ1v) is 10.8. The lowest BCUT2D eigenvalue weighted by Gasteiger charge is -2.32. The van der Waals surface area contributed by atoms with E-state index in [1.54, 1.807) is 6.07 Å². The van der Waals surface area contributed by atoms with Gasteiger partial charge in [0.2, 0.25) is 5.91 Å². The van der Waals surface area contributed by atoms with Crippen molar-refractivity contribution in [2.24, 2.45) is 5.92 Å². The van der Waals surface area contributed by atoms with Gasteiger partial charge in [0, 0.05) is 29.7 Å². The summed E-state index contributed by atoms with van der Waals surface area (Å²) in [4.78, 5) is 15.1. The summed E-state index contributed by atoms with van der Waals surface area (Å²) in [6.07, 6.45) is 1.93. The summed E-state index contributed by atoms with van der Waals surface area (Å²) in [5.74, 6) is 0.134. The molecular weight excluding hydrogens is 403 g/mol. The summed E-state index contributed by atoms with van der Waals surface area (Å²) in [6, 6.07) is 20.1. The van der Waals surface area contributed by atoms with E-state index in [9.17, 15) is 4.79 Å². The van der Waals surface area contributed by atoms with Crippen molar-refractivity contribution in [1.29, 1.82) is 0 Å². The van der Waals surface area contributed by atoms with Gasteiger partial charge in [0.25, 0.3) is 0 Å². The van der Waals surface area contributed by atoms with Crippen LogP contribution in [0.25, 0.3) is 10.8 Å². The number of benzene rings is 3. The van der Waals surface area contributed by atoms with Gasteiger partial charge in [-0.2, -0.15) is 0 Å². The van der Waals surface area contributed by atoms with Gasteiger partial charge in [-0.3, -0.25) is 9.69 Å². The Morgan fingerprint density at radius 3 is 2.72 bits per heavy atom. The zero-order valence-electron chi connectivity index (χ0n) is 16.2. The van der Waals surface area contributed by atoms with Crippen LogP contribution < -0.4 is 5.32 Å². The standard InChI is InChI=1S/C24H24Cl2N2O/c25-21-11-10-19(23(26)13-21)15-28-12-4-8-20(16-28)24(29)27-14-18-7-3-6-17-5-1-2-9-22(17)18/h1-3,5-7,9-11,13,20H,4,8,12,14-16H2,(H,27,29). The fraction of sp³-hybridized carbons (Fsp3) is 0.292. The van der Waals surface area contributed by atoms with E-state index in [1.165, 1.54) is 10.8 Å². The van der Waals surface area contributed by atoms with Crippen molar-refractivity contribution in [3.63, 3.8) is 0 Å². The Morgan fingerprint density at radius 1 is 1.03 bits per heavy atom. The van der Waals surface area contributed by atoms with Gasteiger partial charge >= 0.3 is 0 Å². The van der Waals surface area contributed by atoms with Crippen molar-refractivity contribution in [3.8, 4) is 0 Å². The third kappa shape index (κ3) is 4.92. The number of hydrogen-bond donors (Lipinski definition) is 1. The molecule has 4 rings (SSSR count). The molecule has 5 heteroatoms. The highest BCUT2D eigenvalue weighted by atomic mass is 35.5. The second-order valence-corrected chi connectivity index (χ2v) is 8.51. The molecule has 0 radical (unpaired) electrons. The van der Waals surface area contributed by atoms with E-state index in [-0.39, 0.29) is 11.8 Å². The topological polar surface area (TPSA) is 32.3 Å². The van der Waals surface area contributed by atoms with E-state index >= 15 is 0 Å². The van der Waals surface area contributed by atoms with E-state index < -0.39 is 0 Å². The average Bonchev–Trinajstić information content (AvgIpc) is 2.74. The monoisotopic (exact) mass is 426 g/mol. The summed E-state index contributed by atoms with van der Waals surface area (Å²) in [7, 11) is 0. The maximum Gasteiger partial charge on any atom is 0.224 e. The van der Waals surface area contributed by atoms with Gasteiger partial charge in [-0.15, -0.1) is 0 Å². The minimum Gasteiger partial charge on any atom is -0.352 e. The molecule has 1 atom stereocenters. The Hall–Kier alpha value is -2.07. The molecule has 0 spiro atoms. The lowest BCUT2D eigenvalue weighted by atomic mass is 9.96. The van der Waals surface area contributed by atoms with Gasteiger partial charge in [0.1, 0.15) is 0 Å². The summed E-state index contributed by atoms with van der Waals surface area (Å²) >= 11 is 12.3. The number of fused-ring (bicyclic) bond motifs is 1. The van der Waals surface area contributed by atoms with Crippen molar-refractivity contribution < 1.29 is 4.79 Å². The molecule has 1 N–H and O–H groups in total. The Labute approximate surface area is 181 Å². The molecule has 29 heavy (non-hydrogen) atoms. The van der Waals surface area contributed by atoms with Gasteiger partial charge in [-0.1, -0.05) is 71.7 Å². The first-order valence-electron chi connectivity index (χ1n) is 10.0. The summed E-state index contributed by atoms with van der Waals surface area (Å²) in [5.41, 5.74) is 2.20. The molecule has 150 valence electrons. The number of nitrogens with one attached hydrogen (secondary N) is 1. The summed E-state index contributed by atoms with van der Waals surface area (Å²) in [6.45, 7) is 3.02. The molecule has 3 aromatic rings. The summed E-state index contributed by atoms with van der Waals surface area (Å²) in [5, 5.41) is 6.87. The molecule has 1 unspecified atom stereocenters. The lowest BCUT2D eigenvalue weighted by molar-refractivity contribution is -0.126. The zero-order chi connectivity index (χ0) is 20.2. The SMILES string of the molecule is O=C(NCc1cccc2ccccc12)C1CCCN(Cc2ccc(Cl)cc2Cl)C1. The maximum absolute atomic E-state index is 12.8. The molecule has 1 aliphatic rings. The molecule has 1 amide bonds. The third-order valence-corrected chi connectivity index (χ3v) is 6.21. The number of hydrogen-bond acceptors (Lipinski definition) is 2. The van der Waals surface area contributed by atoms with Gasteiger partial charge in [-0.25, -0.2) is 0 Å². The molecule has 1 heterocycles. The predicted octanol–water partition coefficient (Wildman–Crippen LogP) is 5.68. The molecule has 1 saturated heterocycles. The van der Waals surface area contributed by atoms with E-state index in [0.717, 1.165) is 43.6 Å². The molecule has 1 aliphatic heterocycles. The molecular formula is C24H24Cl2N2O. The van der Waals surface area contributed by atoms with Crippen LogP contribution in [0.3, 0.4) is 0 Å². The lowest BCUT2D eigenvalue weighted by Crippen LogP contribution is -2.42. The third-order valence-electron chi connectivity index (χ3n) is 5.62. The largest absolute Gasteiger partial charge is 0.352 e. The number of carbonyl (C=O) groups is 1. The Kier molecular flexibility index (Phi) is 6.39. The minimum absolute atomic E-state index is 0.00445. The molecule has 3 aromatic carbocycles. The van der Waals surface area contributed by atoms with Crippen molar-refractivity contribution in [3.05, 3.63) is 81.8 Å². The Morgan fingerprint density at radius 2 is 1.86 bits per heavy atom. The maximum atomic E-state index is 12.8. The van der Waals surface area contributed by atoms with Crippen molar-refractivity contribution in [2.45, 2.75) is 25.9 Å². The summed E-state index contributed by atoms with van der Waals surface area (Å²) < 4.78 is 0. The van der Waals surface area contributed by atoms with Crippen LogP contribution >= 0.6 is 23.2 Å². The molecule has 3 nitrogen and oxygen atoms in total. The fourth-order valence-corrected chi connectivity index (χ4v) is 4.55. The van der Waals surface area contributed by atoms with Crippen molar-refractivity contribution in [1.82, 2.24) is 10.2 Å². The minimum atomic E-state index is 0.00445. The van der Waals surface area contributed by atoms with Gasteiger partial charge < -0.3 is 5.32 Å². The zero-order valence-corrected chi connectivity index (χ0v) is 17.7. The number of halogens is 2. The van der Waals surface area contributed by atoms with E-state index in [4.69, 9.17) is 23.2 Å².